The van der Waals surface area contributed by atoms with E-state index in [2.05, 4.69) is 27.7 Å². The fourth-order valence-corrected chi connectivity index (χ4v) is 5.58. The first-order chi connectivity index (χ1) is 10.6. The van der Waals surface area contributed by atoms with Gasteiger partial charge >= 0.3 is 0 Å². The van der Waals surface area contributed by atoms with Crippen LogP contribution in [0.15, 0.2) is 0 Å². The average molecular weight is 346 g/mol. The van der Waals surface area contributed by atoms with Gasteiger partial charge in [-0.3, -0.25) is 4.79 Å². The zero-order valence-electron chi connectivity index (χ0n) is 15.3. The predicted molar refractivity (Wildman–Crippen MR) is 102 cm³/mol. The summed E-state index contributed by atoms with van der Waals surface area (Å²) < 4.78 is 6.24. The van der Waals surface area contributed by atoms with Crippen LogP contribution < -0.4 is 0 Å². The van der Waals surface area contributed by atoms with Crippen molar-refractivity contribution in [3.05, 3.63) is 0 Å². The highest BCUT2D eigenvalue weighted by Crippen LogP contribution is 2.16. The van der Waals surface area contributed by atoms with Crippen molar-refractivity contribution in [2.45, 2.75) is 104 Å². The zero-order chi connectivity index (χ0) is 16.6. The van der Waals surface area contributed by atoms with Crippen LogP contribution in [0, 0.1) is 0 Å². The molecular formula is C18H37O2SSi. The molecule has 0 rings (SSSR count). The van der Waals surface area contributed by atoms with Gasteiger partial charge in [0.1, 0.15) is 0 Å². The molecule has 0 spiro atoms. The van der Waals surface area contributed by atoms with Crippen molar-refractivity contribution >= 4 is 25.9 Å². The first kappa shape index (κ1) is 22.2. The third-order valence-corrected chi connectivity index (χ3v) is 7.55. The van der Waals surface area contributed by atoms with E-state index in [1.807, 2.05) is 0 Å². The van der Waals surface area contributed by atoms with Gasteiger partial charge in [0.15, 0.2) is 5.12 Å². The summed E-state index contributed by atoms with van der Waals surface area (Å²) in [6.07, 6.45) is 10.6. The molecule has 0 aromatic rings. The SMILES string of the molecule is CCCCCCC(=O)SCCCC(C)O[Si](CCC)CCC. The Morgan fingerprint density at radius 1 is 1.00 bits per heavy atom. The molecular weight excluding hydrogens is 308 g/mol. The zero-order valence-corrected chi connectivity index (χ0v) is 17.1. The largest absolute Gasteiger partial charge is 0.414 e. The summed E-state index contributed by atoms with van der Waals surface area (Å²) in [4.78, 5) is 11.7. The minimum absolute atomic E-state index is 0.368. The second-order valence-electron chi connectivity index (χ2n) is 6.14. The highest BCUT2D eigenvalue weighted by Gasteiger charge is 2.14. The Balaban J connectivity index is 3.61. The maximum Gasteiger partial charge on any atom is 0.211 e. The molecule has 2 nitrogen and oxygen atoms in total. The summed E-state index contributed by atoms with van der Waals surface area (Å²) in [7, 11) is -0.589. The molecule has 0 amide bonds. The molecule has 0 aliphatic carbocycles. The van der Waals surface area contributed by atoms with Crippen molar-refractivity contribution in [1.29, 1.82) is 0 Å². The monoisotopic (exact) mass is 345 g/mol. The molecule has 0 fully saturated rings. The van der Waals surface area contributed by atoms with Gasteiger partial charge in [-0.15, -0.1) is 0 Å². The minimum atomic E-state index is -0.589. The molecule has 0 aromatic carbocycles. The van der Waals surface area contributed by atoms with Crippen LogP contribution in [0.4, 0.5) is 0 Å². The van der Waals surface area contributed by atoms with Crippen molar-refractivity contribution in [3.8, 4) is 0 Å². The molecule has 0 N–H and O–H groups in total. The third-order valence-electron chi connectivity index (χ3n) is 3.68. The third kappa shape index (κ3) is 13.8. The molecule has 0 bridgehead atoms. The first-order valence-corrected chi connectivity index (χ1v) is 12.1. The molecule has 0 saturated carbocycles. The van der Waals surface area contributed by atoms with Gasteiger partial charge in [0.25, 0.3) is 0 Å². The lowest BCUT2D eigenvalue weighted by molar-refractivity contribution is -0.111. The Bertz CT molecular complexity index is 255. The second-order valence-corrected chi connectivity index (χ2v) is 9.61. The van der Waals surface area contributed by atoms with Crippen LogP contribution in [0.2, 0.25) is 12.1 Å². The second kappa shape index (κ2) is 16.1. The summed E-state index contributed by atoms with van der Waals surface area (Å²) in [6, 6.07) is 2.54. The summed E-state index contributed by atoms with van der Waals surface area (Å²) >= 11 is 1.53. The van der Waals surface area contributed by atoms with Gasteiger partial charge in [-0.05, 0) is 38.3 Å². The molecule has 0 aliphatic rings. The maximum absolute atomic E-state index is 11.7. The van der Waals surface area contributed by atoms with E-state index in [1.54, 1.807) is 0 Å². The quantitative estimate of drug-likeness (QED) is 0.260. The van der Waals surface area contributed by atoms with Crippen LogP contribution >= 0.6 is 11.8 Å². The van der Waals surface area contributed by atoms with Crippen molar-refractivity contribution in [2.75, 3.05) is 5.75 Å². The van der Waals surface area contributed by atoms with Crippen LogP contribution in [0.1, 0.15) is 85.5 Å². The van der Waals surface area contributed by atoms with E-state index in [0.717, 1.165) is 31.4 Å². The molecule has 0 saturated heterocycles. The van der Waals surface area contributed by atoms with Gasteiger partial charge < -0.3 is 4.43 Å². The highest BCUT2D eigenvalue weighted by molar-refractivity contribution is 8.13. The van der Waals surface area contributed by atoms with Crippen LogP contribution in [0.25, 0.3) is 0 Å². The Kier molecular flexibility index (Phi) is 16.2. The molecule has 131 valence electrons. The Morgan fingerprint density at radius 2 is 1.68 bits per heavy atom. The van der Waals surface area contributed by atoms with Crippen molar-refractivity contribution in [2.24, 2.45) is 0 Å². The van der Waals surface area contributed by atoms with Crippen LogP contribution in [0.5, 0.6) is 0 Å². The normalized spacial score (nSPS) is 12.8. The van der Waals surface area contributed by atoms with Crippen molar-refractivity contribution in [1.82, 2.24) is 0 Å². The van der Waals surface area contributed by atoms with Crippen LogP contribution in [-0.2, 0) is 9.22 Å². The number of carbonyl (C=O) groups is 1. The van der Waals surface area contributed by atoms with E-state index in [-0.39, 0.29) is 0 Å². The lowest BCUT2D eigenvalue weighted by atomic mass is 10.2. The van der Waals surface area contributed by atoms with Crippen molar-refractivity contribution < 1.29 is 9.22 Å². The summed E-state index contributed by atoms with van der Waals surface area (Å²) in [5, 5.41) is 0.381. The average Bonchev–Trinajstić information content (AvgIpc) is 2.49. The van der Waals surface area contributed by atoms with E-state index < -0.39 is 9.04 Å². The van der Waals surface area contributed by atoms with Gasteiger partial charge in [0.05, 0.1) is 0 Å². The Labute approximate surface area is 144 Å². The highest BCUT2D eigenvalue weighted by atomic mass is 32.2. The lowest BCUT2D eigenvalue weighted by Crippen LogP contribution is -2.23. The van der Waals surface area contributed by atoms with Gasteiger partial charge in [-0.25, -0.2) is 0 Å². The topological polar surface area (TPSA) is 26.3 Å². The molecule has 0 heterocycles. The number of hydrogen-bond acceptors (Lipinski definition) is 3. The molecule has 4 heteroatoms. The predicted octanol–water partition coefficient (Wildman–Crippen LogP) is 6.21. The van der Waals surface area contributed by atoms with Gasteiger partial charge in [0.2, 0.25) is 9.04 Å². The van der Waals surface area contributed by atoms with Gasteiger partial charge in [-0.1, -0.05) is 64.6 Å². The Morgan fingerprint density at radius 3 is 2.27 bits per heavy atom. The van der Waals surface area contributed by atoms with E-state index in [1.165, 1.54) is 56.0 Å². The summed E-state index contributed by atoms with van der Waals surface area (Å²) in [6.45, 7) is 8.90. The number of unbranched alkanes of at least 4 members (excludes halogenated alkanes) is 3. The molecule has 0 aliphatic heterocycles. The van der Waals surface area contributed by atoms with Crippen LogP contribution in [-0.4, -0.2) is 26.0 Å². The van der Waals surface area contributed by atoms with E-state index >= 15 is 0 Å². The van der Waals surface area contributed by atoms with E-state index in [0.29, 0.717) is 11.2 Å². The minimum Gasteiger partial charge on any atom is -0.414 e. The molecule has 1 unspecified atom stereocenters. The number of rotatable bonds is 15. The smallest absolute Gasteiger partial charge is 0.211 e. The summed E-state index contributed by atoms with van der Waals surface area (Å²) in [5.41, 5.74) is 0. The standard InChI is InChI=1S/C18H37O2SSi/c1-5-8-9-10-13-18(19)21-14-11-12-17(4)20-22(15-6-2)16-7-3/h17H,5-16H2,1-4H3. The first-order valence-electron chi connectivity index (χ1n) is 9.30. The fourth-order valence-electron chi connectivity index (χ4n) is 2.47. The van der Waals surface area contributed by atoms with Crippen LogP contribution in [0.3, 0.4) is 0 Å². The molecule has 1 atom stereocenters. The molecule has 1 radical (unpaired) electrons. The number of carbonyl (C=O) groups excluding carboxylic acids is 1. The summed E-state index contributed by atoms with van der Waals surface area (Å²) in [5.74, 6) is 0.962. The Hall–Kier alpha value is 0.197. The van der Waals surface area contributed by atoms with Gasteiger partial charge in [-0.2, -0.15) is 0 Å². The number of hydrogen-bond donors (Lipinski definition) is 0. The fraction of sp³-hybridized carbons (Fsp3) is 0.944. The van der Waals surface area contributed by atoms with E-state index in [9.17, 15) is 4.79 Å². The molecule has 22 heavy (non-hydrogen) atoms. The number of thioether (sulfide) groups is 1. The van der Waals surface area contributed by atoms with E-state index in [4.69, 9.17) is 4.43 Å². The van der Waals surface area contributed by atoms with Gasteiger partial charge in [0, 0.05) is 18.3 Å². The van der Waals surface area contributed by atoms with Crippen molar-refractivity contribution in [3.63, 3.8) is 0 Å². The maximum atomic E-state index is 11.7. The lowest BCUT2D eigenvalue weighted by Gasteiger charge is -2.20. The molecule has 0 aromatic heterocycles.